The summed E-state index contributed by atoms with van der Waals surface area (Å²) in [5, 5.41) is 3.17. The molecule has 0 saturated heterocycles. The first kappa shape index (κ1) is 20.5. The van der Waals surface area contributed by atoms with Gasteiger partial charge in [0.1, 0.15) is 5.75 Å². The van der Waals surface area contributed by atoms with Gasteiger partial charge in [0.25, 0.3) is 0 Å². The number of hydrogen-bond acceptors (Lipinski definition) is 5. The van der Waals surface area contributed by atoms with E-state index in [1.807, 2.05) is 30.3 Å². The Morgan fingerprint density at radius 3 is 2.38 bits per heavy atom. The molecule has 0 fully saturated rings. The van der Waals surface area contributed by atoms with Crippen molar-refractivity contribution >= 4 is 17.3 Å². The predicted octanol–water partition coefficient (Wildman–Crippen LogP) is 4.05. The molecule has 0 bridgehead atoms. The molecule has 0 amide bonds. The van der Waals surface area contributed by atoms with Crippen LogP contribution >= 0.6 is 11.3 Å². The van der Waals surface area contributed by atoms with E-state index in [1.54, 1.807) is 32.7 Å². The van der Waals surface area contributed by atoms with Crippen molar-refractivity contribution in [1.29, 1.82) is 0 Å². The molecule has 0 saturated carbocycles. The minimum atomic E-state index is 0.402. The van der Waals surface area contributed by atoms with E-state index in [4.69, 9.17) is 19.9 Å². The summed E-state index contributed by atoms with van der Waals surface area (Å²) in [7, 11) is 4.89. The third kappa shape index (κ3) is 5.42. The summed E-state index contributed by atoms with van der Waals surface area (Å²) in [5.41, 5.74) is 8.17. The minimum absolute atomic E-state index is 0.402. The van der Waals surface area contributed by atoms with Crippen LogP contribution in [0.25, 0.3) is 10.4 Å². The van der Waals surface area contributed by atoms with Crippen molar-refractivity contribution in [2.45, 2.75) is 13.1 Å². The first-order chi connectivity index (χ1) is 14.1. The van der Waals surface area contributed by atoms with Crippen LogP contribution in [0.15, 0.2) is 59.6 Å². The van der Waals surface area contributed by atoms with Crippen LogP contribution in [0.1, 0.15) is 10.4 Å². The van der Waals surface area contributed by atoms with Gasteiger partial charge in [0.2, 0.25) is 0 Å². The lowest BCUT2D eigenvalue weighted by Crippen LogP contribution is -2.30. The van der Waals surface area contributed by atoms with Gasteiger partial charge < -0.3 is 25.3 Å². The van der Waals surface area contributed by atoms with Gasteiger partial charge in [-0.25, -0.2) is 4.99 Å². The van der Waals surface area contributed by atoms with E-state index in [0.717, 1.165) is 16.9 Å². The normalized spacial score (nSPS) is 11.2. The molecule has 7 heteroatoms. The van der Waals surface area contributed by atoms with Gasteiger partial charge in [-0.3, -0.25) is 0 Å². The second-order valence-corrected chi connectivity index (χ2v) is 7.41. The fourth-order valence-corrected chi connectivity index (χ4v) is 3.73. The summed E-state index contributed by atoms with van der Waals surface area (Å²) in [6, 6.07) is 18.0. The molecular formula is C22H25N3O3S. The second kappa shape index (κ2) is 9.84. The number of nitrogens with two attached hydrogens (primary N) is 1. The molecule has 1 heterocycles. The Morgan fingerprint density at radius 2 is 1.69 bits per heavy atom. The van der Waals surface area contributed by atoms with Crippen molar-refractivity contribution in [1.82, 2.24) is 5.32 Å². The lowest BCUT2D eigenvalue weighted by Gasteiger charge is -2.09. The quantitative estimate of drug-likeness (QED) is 0.432. The molecule has 0 aliphatic rings. The number of benzene rings is 2. The number of nitrogens with one attached hydrogen (secondary N) is 1. The molecule has 0 spiro atoms. The molecule has 29 heavy (non-hydrogen) atoms. The molecule has 6 nitrogen and oxygen atoms in total. The molecule has 152 valence electrons. The van der Waals surface area contributed by atoms with Gasteiger partial charge in [-0.2, -0.15) is 0 Å². The van der Waals surface area contributed by atoms with E-state index < -0.39 is 0 Å². The Morgan fingerprint density at radius 1 is 0.931 bits per heavy atom. The number of ether oxygens (including phenoxy) is 3. The number of hydrogen-bond donors (Lipinski definition) is 2. The Hall–Kier alpha value is -3.19. The van der Waals surface area contributed by atoms with Gasteiger partial charge in [0, 0.05) is 9.75 Å². The Kier molecular flexibility index (Phi) is 6.97. The van der Waals surface area contributed by atoms with Gasteiger partial charge >= 0.3 is 0 Å². The third-order valence-corrected chi connectivity index (χ3v) is 5.49. The lowest BCUT2D eigenvalue weighted by molar-refractivity contribution is 0.354. The van der Waals surface area contributed by atoms with Gasteiger partial charge in [0.15, 0.2) is 17.5 Å². The standard InChI is InChI=1S/C22H25N3O3S/c1-26-17-7-5-16(6-8-17)21-11-9-18(29-21)14-25-22(23)24-13-15-4-10-19(27-2)20(12-15)28-3/h4-12H,13-14H2,1-3H3,(H3,23,24,25). The Labute approximate surface area is 175 Å². The smallest absolute Gasteiger partial charge is 0.189 e. The van der Waals surface area contributed by atoms with Gasteiger partial charge in [-0.1, -0.05) is 6.07 Å². The zero-order valence-electron chi connectivity index (χ0n) is 16.8. The summed E-state index contributed by atoms with van der Waals surface area (Å²) >= 11 is 1.72. The van der Waals surface area contributed by atoms with Crippen molar-refractivity contribution in [2.24, 2.45) is 10.7 Å². The van der Waals surface area contributed by atoms with Crippen molar-refractivity contribution in [3.63, 3.8) is 0 Å². The van der Waals surface area contributed by atoms with Crippen molar-refractivity contribution in [3.8, 4) is 27.7 Å². The maximum atomic E-state index is 6.02. The topological polar surface area (TPSA) is 78.1 Å². The minimum Gasteiger partial charge on any atom is -0.497 e. The first-order valence-corrected chi connectivity index (χ1v) is 9.92. The summed E-state index contributed by atoms with van der Waals surface area (Å²) in [5.74, 6) is 2.62. The first-order valence-electron chi connectivity index (χ1n) is 9.10. The fraction of sp³-hybridized carbons (Fsp3) is 0.227. The molecule has 0 aliphatic heterocycles. The van der Waals surface area contributed by atoms with E-state index in [1.165, 1.54) is 9.75 Å². The van der Waals surface area contributed by atoms with E-state index >= 15 is 0 Å². The number of aliphatic imine (C=N–C) groups is 1. The SMILES string of the molecule is COc1ccc(-c2ccc(CNC(N)=NCc3ccc(OC)c(OC)c3)s2)cc1. The number of guanidine groups is 1. The summed E-state index contributed by atoms with van der Waals surface area (Å²) in [4.78, 5) is 6.78. The van der Waals surface area contributed by atoms with E-state index in [-0.39, 0.29) is 0 Å². The van der Waals surface area contributed by atoms with Crippen LogP contribution in [0.3, 0.4) is 0 Å². The van der Waals surface area contributed by atoms with E-state index in [9.17, 15) is 0 Å². The molecule has 0 aliphatic carbocycles. The highest BCUT2D eigenvalue weighted by Crippen LogP contribution is 2.29. The molecule has 1 aromatic heterocycles. The highest BCUT2D eigenvalue weighted by atomic mass is 32.1. The zero-order chi connectivity index (χ0) is 20.6. The molecule has 3 rings (SSSR count). The van der Waals surface area contributed by atoms with Crippen LogP contribution in [0.5, 0.6) is 17.2 Å². The van der Waals surface area contributed by atoms with Crippen LogP contribution in [-0.4, -0.2) is 27.3 Å². The molecule has 0 unspecified atom stereocenters. The highest BCUT2D eigenvalue weighted by molar-refractivity contribution is 7.15. The molecule has 2 aromatic carbocycles. The number of thiophene rings is 1. The second-order valence-electron chi connectivity index (χ2n) is 6.24. The van der Waals surface area contributed by atoms with Crippen molar-refractivity contribution in [2.75, 3.05) is 21.3 Å². The van der Waals surface area contributed by atoms with Crippen molar-refractivity contribution in [3.05, 3.63) is 65.0 Å². The van der Waals surface area contributed by atoms with Gasteiger partial charge in [-0.05, 0) is 59.7 Å². The van der Waals surface area contributed by atoms with Gasteiger partial charge in [0.05, 0.1) is 34.4 Å². The summed E-state index contributed by atoms with van der Waals surface area (Å²) in [6.45, 7) is 1.09. The number of nitrogens with zero attached hydrogens (tertiary/aromatic N) is 1. The average molecular weight is 412 g/mol. The van der Waals surface area contributed by atoms with Crippen LogP contribution in [0.2, 0.25) is 0 Å². The zero-order valence-corrected chi connectivity index (χ0v) is 17.6. The van der Waals surface area contributed by atoms with Crippen LogP contribution in [0.4, 0.5) is 0 Å². The highest BCUT2D eigenvalue weighted by Gasteiger charge is 2.06. The molecule has 0 atom stereocenters. The van der Waals surface area contributed by atoms with Crippen LogP contribution in [0, 0.1) is 0 Å². The van der Waals surface area contributed by atoms with Crippen LogP contribution in [-0.2, 0) is 13.1 Å². The summed E-state index contributed by atoms with van der Waals surface area (Å²) < 4.78 is 15.8. The Bertz CT molecular complexity index is 968. The van der Waals surface area contributed by atoms with E-state index in [2.05, 4.69) is 34.6 Å². The van der Waals surface area contributed by atoms with Crippen LogP contribution < -0.4 is 25.3 Å². The van der Waals surface area contributed by atoms with Crippen molar-refractivity contribution < 1.29 is 14.2 Å². The monoisotopic (exact) mass is 411 g/mol. The fourth-order valence-electron chi connectivity index (χ4n) is 2.77. The number of rotatable bonds is 8. The molecular weight excluding hydrogens is 386 g/mol. The maximum absolute atomic E-state index is 6.02. The predicted molar refractivity (Wildman–Crippen MR) is 118 cm³/mol. The molecule has 3 N–H and O–H groups in total. The third-order valence-electron chi connectivity index (χ3n) is 4.36. The summed E-state index contributed by atoms with van der Waals surface area (Å²) in [6.07, 6.45) is 0. The number of methoxy groups -OCH3 is 3. The average Bonchev–Trinajstić information content (AvgIpc) is 3.25. The molecule has 3 aromatic rings. The largest absolute Gasteiger partial charge is 0.497 e. The van der Waals surface area contributed by atoms with E-state index in [0.29, 0.717) is 30.5 Å². The maximum Gasteiger partial charge on any atom is 0.189 e. The molecule has 0 radical (unpaired) electrons. The Balaban J connectivity index is 1.56. The van der Waals surface area contributed by atoms with Gasteiger partial charge in [-0.15, -0.1) is 11.3 Å². The lowest BCUT2D eigenvalue weighted by atomic mass is 10.2.